The van der Waals surface area contributed by atoms with E-state index in [0.29, 0.717) is 0 Å². The first-order chi connectivity index (χ1) is 7.35. The molecule has 1 heterocycles. The molecule has 0 atom stereocenters. The average Bonchev–Trinajstić information content (AvgIpc) is 2.24. The molecular formula is C11H17N3O. The van der Waals surface area contributed by atoms with Crippen LogP contribution in [-0.2, 0) is 11.3 Å². The van der Waals surface area contributed by atoms with Crippen LogP contribution in [0.4, 0.5) is 0 Å². The fraction of sp³-hybridized carbons (Fsp3) is 0.636. The van der Waals surface area contributed by atoms with E-state index in [1.54, 1.807) is 19.6 Å². The zero-order valence-corrected chi connectivity index (χ0v) is 9.07. The lowest BCUT2D eigenvalue weighted by Gasteiger charge is -2.40. The second-order valence-corrected chi connectivity index (χ2v) is 4.04. The summed E-state index contributed by atoms with van der Waals surface area (Å²) < 4.78 is 5.52. The Bertz CT molecular complexity index is 292. The third-order valence-corrected chi connectivity index (χ3v) is 3.09. The molecule has 0 unspecified atom stereocenters. The lowest BCUT2D eigenvalue weighted by molar-refractivity contribution is -0.0695. The van der Waals surface area contributed by atoms with E-state index in [-0.39, 0.29) is 5.60 Å². The number of methoxy groups -OCH3 is 1. The van der Waals surface area contributed by atoms with Gasteiger partial charge in [0.15, 0.2) is 0 Å². The molecule has 0 aromatic carbocycles. The van der Waals surface area contributed by atoms with Gasteiger partial charge < -0.3 is 10.1 Å². The molecule has 1 aliphatic carbocycles. The molecule has 15 heavy (non-hydrogen) atoms. The lowest BCUT2D eigenvalue weighted by atomic mass is 9.80. The minimum absolute atomic E-state index is 0.0903. The van der Waals surface area contributed by atoms with Crippen molar-refractivity contribution in [1.29, 1.82) is 0 Å². The van der Waals surface area contributed by atoms with Crippen LogP contribution in [-0.4, -0.2) is 29.2 Å². The summed E-state index contributed by atoms with van der Waals surface area (Å²) in [6.07, 6.45) is 6.95. The first kappa shape index (κ1) is 10.5. The van der Waals surface area contributed by atoms with Crippen LogP contribution in [0.25, 0.3) is 0 Å². The average molecular weight is 207 g/mol. The normalized spacial score (nSPS) is 18.5. The van der Waals surface area contributed by atoms with Gasteiger partial charge in [-0.3, -0.25) is 0 Å². The van der Waals surface area contributed by atoms with Crippen LogP contribution in [0.1, 0.15) is 25.0 Å². The summed E-state index contributed by atoms with van der Waals surface area (Å²) in [5.74, 6) is 0. The highest BCUT2D eigenvalue weighted by atomic mass is 16.5. The summed E-state index contributed by atoms with van der Waals surface area (Å²) in [6, 6.07) is 1.92. The number of nitrogens with zero attached hydrogens (tertiary/aromatic N) is 2. The molecule has 4 heteroatoms. The molecule has 0 spiro atoms. The summed E-state index contributed by atoms with van der Waals surface area (Å²) in [5.41, 5.74) is 1.11. The van der Waals surface area contributed by atoms with Crippen LogP contribution in [0, 0.1) is 0 Å². The highest BCUT2D eigenvalue weighted by molar-refractivity contribution is 4.98. The van der Waals surface area contributed by atoms with E-state index in [2.05, 4.69) is 15.3 Å². The molecule has 2 rings (SSSR count). The minimum Gasteiger partial charge on any atom is -0.377 e. The van der Waals surface area contributed by atoms with Gasteiger partial charge in [-0.15, -0.1) is 0 Å². The van der Waals surface area contributed by atoms with Crippen LogP contribution in [0.2, 0.25) is 0 Å². The van der Waals surface area contributed by atoms with Crippen LogP contribution in [0.3, 0.4) is 0 Å². The van der Waals surface area contributed by atoms with Gasteiger partial charge in [-0.2, -0.15) is 0 Å². The van der Waals surface area contributed by atoms with Crippen molar-refractivity contribution in [3.63, 3.8) is 0 Å². The highest BCUT2D eigenvalue weighted by Gasteiger charge is 2.36. The van der Waals surface area contributed by atoms with Crippen LogP contribution < -0.4 is 5.32 Å². The van der Waals surface area contributed by atoms with E-state index in [1.165, 1.54) is 19.3 Å². The molecule has 1 fully saturated rings. The van der Waals surface area contributed by atoms with Crippen LogP contribution in [0.5, 0.6) is 0 Å². The Labute approximate surface area is 90.1 Å². The maximum Gasteiger partial charge on any atom is 0.115 e. The van der Waals surface area contributed by atoms with E-state index in [1.807, 2.05) is 6.07 Å². The van der Waals surface area contributed by atoms with Crippen molar-refractivity contribution < 1.29 is 4.74 Å². The standard InChI is InChI=1S/C11H17N3O/c1-15-11(4-2-5-11)8-13-7-10-3-6-12-9-14-10/h3,6,9,13H,2,4-5,7-8H2,1H3. The Balaban J connectivity index is 1.75. The topological polar surface area (TPSA) is 47.0 Å². The molecule has 1 aromatic rings. The summed E-state index contributed by atoms with van der Waals surface area (Å²) in [5, 5.41) is 3.38. The van der Waals surface area contributed by atoms with Crippen molar-refractivity contribution in [2.75, 3.05) is 13.7 Å². The van der Waals surface area contributed by atoms with Crippen LogP contribution >= 0.6 is 0 Å². The fourth-order valence-electron chi connectivity index (χ4n) is 1.87. The number of hydrogen-bond acceptors (Lipinski definition) is 4. The lowest BCUT2D eigenvalue weighted by Crippen LogP contribution is -2.47. The van der Waals surface area contributed by atoms with Crippen molar-refractivity contribution in [3.05, 3.63) is 24.3 Å². The van der Waals surface area contributed by atoms with E-state index in [4.69, 9.17) is 4.74 Å². The third-order valence-electron chi connectivity index (χ3n) is 3.09. The van der Waals surface area contributed by atoms with E-state index < -0.39 is 0 Å². The second kappa shape index (κ2) is 4.68. The smallest absolute Gasteiger partial charge is 0.115 e. The van der Waals surface area contributed by atoms with Crippen molar-refractivity contribution in [2.24, 2.45) is 0 Å². The monoisotopic (exact) mass is 207 g/mol. The zero-order valence-electron chi connectivity index (χ0n) is 9.07. The molecule has 0 aliphatic heterocycles. The first-order valence-corrected chi connectivity index (χ1v) is 5.35. The first-order valence-electron chi connectivity index (χ1n) is 5.35. The molecule has 0 amide bonds. The molecule has 0 radical (unpaired) electrons. The predicted molar refractivity (Wildman–Crippen MR) is 57.3 cm³/mol. The molecule has 0 saturated heterocycles. The van der Waals surface area contributed by atoms with E-state index in [9.17, 15) is 0 Å². The van der Waals surface area contributed by atoms with Gasteiger partial charge in [0.05, 0.1) is 11.3 Å². The molecular weight excluding hydrogens is 190 g/mol. The van der Waals surface area contributed by atoms with Gasteiger partial charge in [0, 0.05) is 26.4 Å². The molecule has 1 aromatic heterocycles. The number of rotatable bonds is 5. The van der Waals surface area contributed by atoms with Crippen molar-refractivity contribution >= 4 is 0 Å². The Morgan fingerprint density at radius 3 is 2.93 bits per heavy atom. The number of aromatic nitrogens is 2. The molecule has 4 nitrogen and oxygen atoms in total. The van der Waals surface area contributed by atoms with Gasteiger partial charge in [0.25, 0.3) is 0 Å². The van der Waals surface area contributed by atoms with Gasteiger partial charge in [0.1, 0.15) is 6.33 Å². The molecule has 1 N–H and O–H groups in total. The van der Waals surface area contributed by atoms with Crippen molar-refractivity contribution in [2.45, 2.75) is 31.4 Å². The largest absolute Gasteiger partial charge is 0.377 e. The summed E-state index contributed by atoms with van der Waals surface area (Å²) in [4.78, 5) is 8.04. The highest BCUT2D eigenvalue weighted by Crippen LogP contribution is 2.34. The van der Waals surface area contributed by atoms with Gasteiger partial charge >= 0.3 is 0 Å². The maximum absolute atomic E-state index is 5.52. The summed E-state index contributed by atoms with van der Waals surface area (Å²) in [6.45, 7) is 1.70. The van der Waals surface area contributed by atoms with E-state index >= 15 is 0 Å². The number of ether oxygens (including phenoxy) is 1. The van der Waals surface area contributed by atoms with Crippen LogP contribution in [0.15, 0.2) is 18.6 Å². The number of nitrogens with one attached hydrogen (secondary N) is 1. The van der Waals surface area contributed by atoms with Gasteiger partial charge in [0.2, 0.25) is 0 Å². The number of hydrogen-bond donors (Lipinski definition) is 1. The van der Waals surface area contributed by atoms with E-state index in [0.717, 1.165) is 18.8 Å². The summed E-state index contributed by atoms with van der Waals surface area (Å²) >= 11 is 0. The zero-order chi connectivity index (χ0) is 10.6. The quantitative estimate of drug-likeness (QED) is 0.786. The molecule has 82 valence electrons. The van der Waals surface area contributed by atoms with Gasteiger partial charge in [-0.1, -0.05) is 0 Å². The summed E-state index contributed by atoms with van der Waals surface area (Å²) in [7, 11) is 1.80. The Kier molecular flexibility index (Phi) is 3.28. The Hall–Kier alpha value is -1.00. The maximum atomic E-state index is 5.52. The Morgan fingerprint density at radius 1 is 1.53 bits per heavy atom. The Morgan fingerprint density at radius 2 is 2.40 bits per heavy atom. The van der Waals surface area contributed by atoms with Crippen molar-refractivity contribution in [3.8, 4) is 0 Å². The molecule has 1 saturated carbocycles. The fourth-order valence-corrected chi connectivity index (χ4v) is 1.87. The van der Waals surface area contributed by atoms with Crippen molar-refractivity contribution in [1.82, 2.24) is 15.3 Å². The third kappa shape index (κ3) is 2.52. The van der Waals surface area contributed by atoms with Gasteiger partial charge in [-0.25, -0.2) is 9.97 Å². The molecule has 1 aliphatic rings. The second-order valence-electron chi connectivity index (χ2n) is 4.04. The van der Waals surface area contributed by atoms with Gasteiger partial charge in [-0.05, 0) is 25.3 Å². The SMILES string of the molecule is COC1(CNCc2ccncn2)CCC1. The predicted octanol–water partition coefficient (Wildman–Crippen LogP) is 1.14. The molecule has 0 bridgehead atoms. The minimum atomic E-state index is 0.0903.